The lowest BCUT2D eigenvalue weighted by Gasteiger charge is -2.25. The number of piperidine rings is 1. The fourth-order valence-corrected chi connectivity index (χ4v) is 4.60. The Balaban J connectivity index is 1.72. The fraction of sp³-hybridized carbons (Fsp3) is 0.632. The van der Waals surface area contributed by atoms with Crippen molar-refractivity contribution in [3.63, 3.8) is 0 Å². The number of carbonyl (C=O) groups excluding carboxylic acids is 1. The number of benzene rings is 1. The number of hydrogen-bond donors (Lipinski definition) is 1. The van der Waals surface area contributed by atoms with E-state index in [2.05, 4.69) is 5.32 Å². The minimum atomic E-state index is 0.206. The van der Waals surface area contributed by atoms with E-state index in [-0.39, 0.29) is 17.2 Å². The average Bonchev–Trinajstić information content (AvgIpc) is 3.33. The van der Waals surface area contributed by atoms with Crippen LogP contribution in [0.5, 0.6) is 11.5 Å². The first kappa shape index (κ1) is 18.4. The molecule has 1 amide bonds. The molecule has 3 rings (SSSR count). The van der Waals surface area contributed by atoms with Crippen LogP contribution in [0.25, 0.3) is 0 Å². The molecule has 25 heavy (non-hydrogen) atoms. The molecular weight excluding hydrogens is 336 g/mol. The molecule has 1 unspecified atom stereocenters. The monoisotopic (exact) mass is 364 g/mol. The minimum absolute atomic E-state index is 0.206. The molecule has 2 aliphatic rings. The number of methoxy groups -OCH3 is 2. The fourth-order valence-electron chi connectivity index (χ4n) is 3.99. The first-order valence-electron chi connectivity index (χ1n) is 8.79. The van der Waals surface area contributed by atoms with Gasteiger partial charge in [-0.05, 0) is 61.7 Å². The van der Waals surface area contributed by atoms with Gasteiger partial charge < -0.3 is 19.7 Å². The van der Waals surface area contributed by atoms with Crippen LogP contribution in [0.4, 0.5) is 0 Å². The van der Waals surface area contributed by atoms with Crippen molar-refractivity contribution in [1.82, 2.24) is 10.2 Å². The predicted octanol–water partition coefficient (Wildman–Crippen LogP) is 2.77. The number of hydrogen-bond acceptors (Lipinski definition) is 5. The summed E-state index contributed by atoms with van der Waals surface area (Å²) in [4.78, 5) is 15.9. The van der Waals surface area contributed by atoms with Gasteiger partial charge in [0, 0.05) is 24.4 Å². The van der Waals surface area contributed by atoms with E-state index in [0.29, 0.717) is 12.3 Å². The van der Waals surface area contributed by atoms with Crippen molar-refractivity contribution in [2.75, 3.05) is 40.6 Å². The second kappa shape index (κ2) is 7.46. The summed E-state index contributed by atoms with van der Waals surface area (Å²) in [6, 6.07) is 3.98. The summed E-state index contributed by atoms with van der Waals surface area (Å²) >= 11 is 1.66. The van der Waals surface area contributed by atoms with Gasteiger partial charge in [-0.15, -0.1) is 11.8 Å². The van der Waals surface area contributed by atoms with Crippen LogP contribution in [-0.2, 0) is 11.3 Å². The van der Waals surface area contributed by atoms with E-state index in [1.807, 2.05) is 30.3 Å². The summed E-state index contributed by atoms with van der Waals surface area (Å²) in [6.07, 6.45) is 5.35. The van der Waals surface area contributed by atoms with Gasteiger partial charge in [0.25, 0.3) is 0 Å². The molecule has 0 radical (unpaired) electrons. The van der Waals surface area contributed by atoms with Crippen LogP contribution in [0.15, 0.2) is 17.0 Å². The molecule has 1 N–H and O–H groups in total. The SMILES string of the molecule is COc1cc(CN(C)C(=O)C2CC23CCNCC3)c(SC)cc1OC. The summed E-state index contributed by atoms with van der Waals surface area (Å²) in [5.41, 5.74) is 1.37. The topological polar surface area (TPSA) is 50.8 Å². The maximum absolute atomic E-state index is 12.9. The van der Waals surface area contributed by atoms with Crippen LogP contribution >= 0.6 is 11.8 Å². The maximum atomic E-state index is 12.9. The largest absolute Gasteiger partial charge is 0.493 e. The number of nitrogens with one attached hydrogen (secondary N) is 1. The molecule has 1 saturated carbocycles. The van der Waals surface area contributed by atoms with Gasteiger partial charge in [-0.3, -0.25) is 4.79 Å². The summed E-state index contributed by atoms with van der Waals surface area (Å²) in [6.45, 7) is 2.68. The molecule has 1 saturated heterocycles. The van der Waals surface area contributed by atoms with Crippen molar-refractivity contribution in [2.24, 2.45) is 11.3 Å². The van der Waals surface area contributed by atoms with Crippen LogP contribution in [0.3, 0.4) is 0 Å². The number of carbonyl (C=O) groups is 1. The molecule has 1 aromatic carbocycles. The van der Waals surface area contributed by atoms with E-state index < -0.39 is 0 Å². The quantitative estimate of drug-likeness (QED) is 0.787. The Morgan fingerprint density at radius 1 is 1.28 bits per heavy atom. The van der Waals surface area contributed by atoms with Crippen molar-refractivity contribution in [2.45, 2.75) is 30.7 Å². The van der Waals surface area contributed by atoms with Gasteiger partial charge in [-0.1, -0.05) is 0 Å². The van der Waals surface area contributed by atoms with Gasteiger partial charge >= 0.3 is 0 Å². The zero-order valence-corrected chi connectivity index (χ0v) is 16.4. The maximum Gasteiger partial charge on any atom is 0.226 e. The Labute approximate surface area is 154 Å². The Bertz CT molecular complexity index is 644. The van der Waals surface area contributed by atoms with Crippen molar-refractivity contribution in [3.8, 4) is 11.5 Å². The standard InChI is InChI=1S/C19H28N2O3S/c1-21(18(22)14-11-19(14)5-7-20-8-6-19)12-13-9-15(23-2)16(24-3)10-17(13)25-4/h9-10,14,20H,5-8,11-12H2,1-4H3. The lowest BCUT2D eigenvalue weighted by atomic mass is 9.91. The number of nitrogens with zero attached hydrogens (tertiary/aromatic N) is 1. The highest BCUT2D eigenvalue weighted by Gasteiger charge is 2.58. The minimum Gasteiger partial charge on any atom is -0.493 e. The first-order valence-corrected chi connectivity index (χ1v) is 10.0. The average molecular weight is 365 g/mol. The van der Waals surface area contributed by atoms with Gasteiger partial charge in [0.1, 0.15) is 0 Å². The zero-order valence-electron chi connectivity index (χ0n) is 15.6. The van der Waals surface area contributed by atoms with Crippen LogP contribution in [0.1, 0.15) is 24.8 Å². The van der Waals surface area contributed by atoms with Crippen LogP contribution in [0, 0.1) is 11.3 Å². The summed E-state index contributed by atoms with van der Waals surface area (Å²) in [5.74, 6) is 1.92. The molecule has 1 aliphatic heterocycles. The predicted molar refractivity (Wildman–Crippen MR) is 100 cm³/mol. The Kier molecular flexibility index (Phi) is 5.49. The molecule has 138 valence electrons. The number of ether oxygens (including phenoxy) is 2. The van der Waals surface area contributed by atoms with E-state index in [1.165, 1.54) is 0 Å². The molecule has 1 heterocycles. The Morgan fingerprint density at radius 3 is 2.52 bits per heavy atom. The van der Waals surface area contributed by atoms with Crippen LogP contribution < -0.4 is 14.8 Å². The highest BCUT2D eigenvalue weighted by molar-refractivity contribution is 7.98. The van der Waals surface area contributed by atoms with E-state index in [0.717, 1.165) is 48.6 Å². The smallest absolute Gasteiger partial charge is 0.226 e. The molecule has 1 aromatic rings. The molecule has 1 spiro atoms. The van der Waals surface area contributed by atoms with E-state index in [4.69, 9.17) is 9.47 Å². The number of thioether (sulfide) groups is 1. The van der Waals surface area contributed by atoms with Crippen LogP contribution in [-0.4, -0.2) is 51.4 Å². The second-order valence-corrected chi connectivity index (χ2v) is 7.93. The molecule has 0 aromatic heterocycles. The lowest BCUT2D eigenvalue weighted by Crippen LogP contribution is -2.34. The highest BCUT2D eigenvalue weighted by atomic mass is 32.2. The molecule has 2 fully saturated rings. The lowest BCUT2D eigenvalue weighted by molar-refractivity contribution is -0.132. The molecule has 1 atom stereocenters. The van der Waals surface area contributed by atoms with E-state index in [9.17, 15) is 4.79 Å². The van der Waals surface area contributed by atoms with Crippen molar-refractivity contribution in [3.05, 3.63) is 17.7 Å². The van der Waals surface area contributed by atoms with Gasteiger partial charge in [0.15, 0.2) is 11.5 Å². The Hall–Kier alpha value is -1.40. The van der Waals surface area contributed by atoms with Crippen molar-refractivity contribution < 1.29 is 14.3 Å². The third kappa shape index (κ3) is 3.60. The molecule has 5 nitrogen and oxygen atoms in total. The van der Waals surface area contributed by atoms with E-state index >= 15 is 0 Å². The zero-order chi connectivity index (χ0) is 18.0. The normalized spacial score (nSPS) is 21.0. The molecule has 6 heteroatoms. The molecular formula is C19H28N2O3S. The van der Waals surface area contributed by atoms with Gasteiger partial charge in [0.05, 0.1) is 14.2 Å². The third-order valence-corrected chi connectivity index (χ3v) is 6.48. The summed E-state index contributed by atoms with van der Waals surface area (Å²) in [7, 11) is 5.19. The molecule has 0 bridgehead atoms. The van der Waals surface area contributed by atoms with Gasteiger partial charge in [-0.2, -0.15) is 0 Å². The number of rotatable bonds is 6. The summed E-state index contributed by atoms with van der Waals surface area (Å²) < 4.78 is 10.8. The van der Waals surface area contributed by atoms with Crippen molar-refractivity contribution >= 4 is 17.7 Å². The Morgan fingerprint density at radius 2 is 1.92 bits per heavy atom. The third-order valence-electron chi connectivity index (χ3n) is 5.66. The van der Waals surface area contributed by atoms with Crippen molar-refractivity contribution in [1.29, 1.82) is 0 Å². The molecule has 1 aliphatic carbocycles. The number of amides is 1. The first-order chi connectivity index (χ1) is 12.0. The highest BCUT2D eigenvalue weighted by Crippen LogP contribution is 2.59. The van der Waals surface area contributed by atoms with E-state index in [1.54, 1.807) is 26.0 Å². The summed E-state index contributed by atoms with van der Waals surface area (Å²) in [5, 5.41) is 3.39. The second-order valence-electron chi connectivity index (χ2n) is 7.08. The van der Waals surface area contributed by atoms with Gasteiger partial charge in [0.2, 0.25) is 5.91 Å². The van der Waals surface area contributed by atoms with Gasteiger partial charge in [-0.25, -0.2) is 0 Å². The van der Waals surface area contributed by atoms with Crippen LogP contribution in [0.2, 0.25) is 0 Å².